The van der Waals surface area contributed by atoms with Crippen molar-refractivity contribution < 1.29 is 28.5 Å². The van der Waals surface area contributed by atoms with Crippen LogP contribution < -0.4 is 11.1 Å². The van der Waals surface area contributed by atoms with Crippen LogP contribution in [0.5, 0.6) is 0 Å². The second-order valence-corrected chi connectivity index (χ2v) is 12.9. The molecule has 0 unspecified atom stereocenters. The first-order valence-electron chi connectivity index (χ1n) is 16.3. The van der Waals surface area contributed by atoms with Crippen LogP contribution in [0.3, 0.4) is 0 Å². The van der Waals surface area contributed by atoms with E-state index in [2.05, 4.69) is 24.4 Å². The molecule has 0 fully saturated rings. The van der Waals surface area contributed by atoms with Crippen LogP contribution in [0.4, 0.5) is 5.69 Å². The average Bonchev–Trinajstić information content (AvgIpc) is 2.99. The Hall–Kier alpha value is -2.77. The number of rotatable bonds is 24. The van der Waals surface area contributed by atoms with Crippen molar-refractivity contribution in [3.63, 3.8) is 0 Å². The number of anilines is 1. The van der Waals surface area contributed by atoms with Crippen LogP contribution in [-0.4, -0.2) is 34.1 Å². The number of hydrogen-bond acceptors (Lipinski definition) is 5. The van der Waals surface area contributed by atoms with E-state index in [0.717, 1.165) is 49.7 Å². The Bertz CT molecular complexity index is 1160. The molecule has 0 saturated carbocycles. The monoisotopic (exact) mass is 628 g/mol. The van der Waals surface area contributed by atoms with E-state index in [1.54, 1.807) is 24.3 Å². The number of nitrogens with two attached hydrogens (primary N) is 1. The van der Waals surface area contributed by atoms with Crippen LogP contribution in [0.1, 0.15) is 118 Å². The van der Waals surface area contributed by atoms with Gasteiger partial charge in [-0.05, 0) is 73.9 Å². The molecule has 0 radical (unpaired) electrons. The molecule has 2 rings (SSSR count). The van der Waals surface area contributed by atoms with Gasteiger partial charge in [-0.1, -0.05) is 94.7 Å². The smallest absolute Gasteiger partial charge is 0.399 e. The standard InChI is InChI=1S/C35H53N2O6P/c1-2-3-4-5-6-7-8-9-10-11-12-13-14-15-16-17-35(39)37-33(28-43-44(40,41)42)26-29-18-20-30(21-19-29)27-34(38)31-22-24-32(36)25-23-31/h9-10,18-25,33H,2-8,11-17,26-28,36H2,1H3,(H,37,39)(H2,40,41,42)/b10-9-/t33-/m0/s1. The molecule has 0 saturated heterocycles. The summed E-state index contributed by atoms with van der Waals surface area (Å²) < 4.78 is 16.0. The highest BCUT2D eigenvalue weighted by Gasteiger charge is 2.20. The molecule has 8 nitrogen and oxygen atoms in total. The zero-order valence-electron chi connectivity index (χ0n) is 26.4. The number of nitrogens with one attached hydrogen (secondary N) is 1. The number of phosphoric acid groups is 1. The van der Waals surface area contributed by atoms with Crippen LogP contribution in [-0.2, 0) is 26.7 Å². The Balaban J connectivity index is 1.68. The predicted molar refractivity (Wildman–Crippen MR) is 178 cm³/mol. The Morgan fingerprint density at radius 1 is 0.818 bits per heavy atom. The maximum Gasteiger partial charge on any atom is 0.469 e. The first-order chi connectivity index (χ1) is 21.2. The number of amides is 1. The molecule has 1 atom stereocenters. The van der Waals surface area contributed by atoms with Crippen molar-refractivity contribution in [3.05, 3.63) is 77.4 Å². The Morgan fingerprint density at radius 2 is 1.36 bits per heavy atom. The van der Waals surface area contributed by atoms with Gasteiger partial charge in [0.25, 0.3) is 0 Å². The third-order valence-corrected chi connectivity index (χ3v) is 8.06. The highest BCUT2D eigenvalue weighted by Crippen LogP contribution is 2.35. The third kappa shape index (κ3) is 18.1. The summed E-state index contributed by atoms with van der Waals surface area (Å²) in [5.41, 5.74) is 8.58. The van der Waals surface area contributed by atoms with Crippen LogP contribution in [0.25, 0.3) is 0 Å². The van der Waals surface area contributed by atoms with Crippen molar-refractivity contribution in [1.29, 1.82) is 0 Å². The van der Waals surface area contributed by atoms with Gasteiger partial charge in [0.1, 0.15) is 0 Å². The summed E-state index contributed by atoms with van der Waals surface area (Å²) in [5.74, 6) is -0.179. The van der Waals surface area contributed by atoms with Crippen molar-refractivity contribution in [2.24, 2.45) is 0 Å². The van der Waals surface area contributed by atoms with E-state index in [1.807, 2.05) is 24.3 Å². The summed E-state index contributed by atoms with van der Waals surface area (Å²) in [6, 6.07) is 13.6. The summed E-state index contributed by atoms with van der Waals surface area (Å²) in [4.78, 5) is 43.5. The number of allylic oxidation sites excluding steroid dienone is 2. The molecular formula is C35H53N2O6P. The van der Waals surface area contributed by atoms with Crippen molar-refractivity contribution in [2.75, 3.05) is 12.3 Å². The lowest BCUT2D eigenvalue weighted by atomic mass is 9.99. The largest absolute Gasteiger partial charge is 0.469 e. The Labute approximate surface area is 264 Å². The number of carbonyl (C=O) groups is 2. The van der Waals surface area contributed by atoms with Crippen LogP contribution in [0, 0.1) is 0 Å². The minimum atomic E-state index is -4.68. The van der Waals surface area contributed by atoms with E-state index in [-0.39, 0.29) is 24.7 Å². The van der Waals surface area contributed by atoms with Gasteiger partial charge in [0.05, 0.1) is 12.6 Å². The molecule has 2 aromatic rings. The number of carbonyl (C=O) groups excluding carboxylic acids is 2. The van der Waals surface area contributed by atoms with Gasteiger partial charge in [-0.15, -0.1) is 0 Å². The molecule has 0 aliphatic heterocycles. The molecule has 0 bridgehead atoms. The summed E-state index contributed by atoms with van der Waals surface area (Å²) >= 11 is 0. The number of Topliss-reactive ketones (excluding diaryl/α,β-unsaturated/α-hetero) is 1. The second-order valence-electron chi connectivity index (χ2n) is 11.6. The molecule has 0 heterocycles. The molecule has 0 aliphatic rings. The van der Waals surface area contributed by atoms with Gasteiger partial charge in [-0.2, -0.15) is 0 Å². The van der Waals surface area contributed by atoms with Crippen LogP contribution in [0.15, 0.2) is 60.7 Å². The number of nitrogen functional groups attached to an aromatic ring is 1. The number of ketones is 1. The molecule has 9 heteroatoms. The fourth-order valence-electron chi connectivity index (χ4n) is 5.03. The van der Waals surface area contributed by atoms with Gasteiger partial charge in [0.2, 0.25) is 5.91 Å². The van der Waals surface area contributed by atoms with Crippen molar-refractivity contribution >= 4 is 25.2 Å². The average molecular weight is 629 g/mol. The quantitative estimate of drug-likeness (QED) is 0.0305. The SMILES string of the molecule is CCCCCCCC/C=C\CCCCCCCC(=O)N[C@H](COP(=O)(O)O)Cc1ccc(CC(=O)c2ccc(N)cc2)cc1. The predicted octanol–water partition coefficient (Wildman–Crippen LogP) is 7.87. The van der Waals surface area contributed by atoms with Gasteiger partial charge >= 0.3 is 7.82 Å². The van der Waals surface area contributed by atoms with Crippen molar-refractivity contribution in [1.82, 2.24) is 5.32 Å². The summed E-state index contributed by atoms with van der Waals surface area (Å²) in [6.07, 6.45) is 20.9. The van der Waals surface area contributed by atoms with Crippen molar-refractivity contribution in [3.8, 4) is 0 Å². The van der Waals surface area contributed by atoms with Crippen molar-refractivity contribution in [2.45, 2.75) is 116 Å². The number of phosphoric ester groups is 1. The van der Waals surface area contributed by atoms with E-state index in [9.17, 15) is 23.9 Å². The summed E-state index contributed by atoms with van der Waals surface area (Å²) in [6.45, 7) is 1.94. The lowest BCUT2D eigenvalue weighted by molar-refractivity contribution is -0.122. The molecule has 1 amide bonds. The first-order valence-corrected chi connectivity index (χ1v) is 17.8. The number of hydrogen-bond donors (Lipinski definition) is 4. The maximum atomic E-state index is 12.6. The Morgan fingerprint density at radius 3 is 1.95 bits per heavy atom. The molecule has 44 heavy (non-hydrogen) atoms. The molecular weight excluding hydrogens is 575 g/mol. The minimum absolute atomic E-state index is 0.0198. The van der Waals surface area contributed by atoms with E-state index in [4.69, 9.17) is 10.3 Å². The highest BCUT2D eigenvalue weighted by molar-refractivity contribution is 7.46. The lowest BCUT2D eigenvalue weighted by Crippen LogP contribution is -2.39. The topological polar surface area (TPSA) is 139 Å². The van der Waals surface area contributed by atoms with E-state index in [1.165, 1.54) is 44.9 Å². The number of benzene rings is 2. The molecule has 0 spiro atoms. The lowest BCUT2D eigenvalue weighted by Gasteiger charge is -2.19. The minimum Gasteiger partial charge on any atom is -0.399 e. The maximum absolute atomic E-state index is 12.6. The van der Waals surface area contributed by atoms with Gasteiger partial charge < -0.3 is 20.8 Å². The van der Waals surface area contributed by atoms with Gasteiger partial charge in [-0.3, -0.25) is 14.1 Å². The highest BCUT2D eigenvalue weighted by atomic mass is 31.2. The molecule has 2 aromatic carbocycles. The molecule has 0 aliphatic carbocycles. The fraction of sp³-hybridized carbons (Fsp3) is 0.543. The fourth-order valence-corrected chi connectivity index (χ4v) is 5.40. The number of unbranched alkanes of at least 4 members (excludes halogenated alkanes) is 11. The van der Waals surface area contributed by atoms with E-state index in [0.29, 0.717) is 24.1 Å². The third-order valence-electron chi connectivity index (χ3n) is 7.58. The molecule has 0 aromatic heterocycles. The summed E-state index contributed by atoms with van der Waals surface area (Å²) in [7, 11) is -4.68. The first kappa shape index (κ1) is 37.4. The second kappa shape index (κ2) is 21.9. The van der Waals surface area contributed by atoms with E-state index >= 15 is 0 Å². The normalized spacial score (nSPS) is 12.4. The van der Waals surface area contributed by atoms with Crippen LogP contribution >= 0.6 is 7.82 Å². The van der Waals surface area contributed by atoms with Gasteiger partial charge in [0.15, 0.2) is 5.78 Å². The van der Waals surface area contributed by atoms with Gasteiger partial charge in [-0.25, -0.2) is 4.57 Å². The van der Waals surface area contributed by atoms with E-state index < -0.39 is 13.9 Å². The molecule has 244 valence electrons. The zero-order valence-corrected chi connectivity index (χ0v) is 27.3. The van der Waals surface area contributed by atoms with Gasteiger partial charge in [0, 0.05) is 24.1 Å². The Kier molecular flexibility index (Phi) is 18.6. The molecule has 5 N–H and O–H groups in total. The summed E-state index contributed by atoms with van der Waals surface area (Å²) in [5, 5.41) is 2.88. The van der Waals surface area contributed by atoms with Crippen LogP contribution in [0.2, 0.25) is 0 Å². The zero-order chi connectivity index (χ0) is 32.0.